The number of fused-ring (bicyclic) bond motifs is 1. The maximum absolute atomic E-state index is 6.26. The first-order valence-corrected chi connectivity index (χ1v) is 12.4. The second-order valence-electron chi connectivity index (χ2n) is 8.71. The van der Waals surface area contributed by atoms with Gasteiger partial charge in [0, 0.05) is 34.9 Å². The van der Waals surface area contributed by atoms with Crippen LogP contribution in [0.25, 0.3) is 22.0 Å². The highest BCUT2D eigenvalue weighted by Gasteiger charge is 2.13. The third-order valence-corrected chi connectivity index (χ3v) is 6.16. The standard InChI is InChI=1S/C30H36N2O/c1-3-10-23-14-16-25(17-15-23)31-20-8-9-21-33-29-19-18-26-28(24-12-6-5-7-13-24)22-32-30(26)27(29)11-4-2/h5-7,12-19,22,31-32H,3-4,8-11,20-21H2,1-2H3. The molecule has 0 aliphatic rings. The zero-order valence-electron chi connectivity index (χ0n) is 20.0. The molecule has 0 atom stereocenters. The molecule has 4 aromatic rings. The van der Waals surface area contributed by atoms with Gasteiger partial charge in [-0.15, -0.1) is 0 Å². The first-order chi connectivity index (χ1) is 16.3. The van der Waals surface area contributed by atoms with Gasteiger partial charge in [-0.05, 0) is 61.1 Å². The van der Waals surface area contributed by atoms with Crippen molar-refractivity contribution < 1.29 is 4.74 Å². The van der Waals surface area contributed by atoms with Crippen molar-refractivity contribution in [2.45, 2.75) is 52.4 Å². The van der Waals surface area contributed by atoms with Crippen molar-refractivity contribution >= 4 is 16.6 Å². The van der Waals surface area contributed by atoms with E-state index in [0.717, 1.165) is 51.0 Å². The summed E-state index contributed by atoms with van der Waals surface area (Å²) in [6.45, 7) is 6.15. The number of anilines is 1. The lowest BCUT2D eigenvalue weighted by Gasteiger charge is -2.13. The highest BCUT2D eigenvalue weighted by molar-refractivity contribution is 5.98. The number of hydrogen-bond acceptors (Lipinski definition) is 2. The van der Waals surface area contributed by atoms with Crippen LogP contribution in [0.4, 0.5) is 5.69 Å². The molecule has 0 bridgehead atoms. The van der Waals surface area contributed by atoms with E-state index < -0.39 is 0 Å². The van der Waals surface area contributed by atoms with E-state index in [4.69, 9.17) is 4.74 Å². The minimum absolute atomic E-state index is 0.742. The number of aromatic amines is 1. The number of hydrogen-bond donors (Lipinski definition) is 2. The van der Waals surface area contributed by atoms with E-state index >= 15 is 0 Å². The summed E-state index contributed by atoms with van der Waals surface area (Å²) in [5.41, 5.74) is 7.61. The van der Waals surface area contributed by atoms with Crippen molar-refractivity contribution in [2.75, 3.05) is 18.5 Å². The second kappa shape index (κ2) is 11.6. The maximum atomic E-state index is 6.26. The van der Waals surface area contributed by atoms with E-state index in [2.05, 4.69) is 97.1 Å². The molecule has 0 aliphatic carbocycles. The summed E-state index contributed by atoms with van der Waals surface area (Å²) in [6, 6.07) is 23.8. The fourth-order valence-electron chi connectivity index (χ4n) is 4.45. The molecule has 0 unspecified atom stereocenters. The van der Waals surface area contributed by atoms with Crippen molar-refractivity contribution in [2.24, 2.45) is 0 Å². The highest BCUT2D eigenvalue weighted by atomic mass is 16.5. The summed E-state index contributed by atoms with van der Waals surface area (Å²) in [7, 11) is 0. The van der Waals surface area contributed by atoms with Crippen molar-refractivity contribution in [1.29, 1.82) is 0 Å². The Labute approximate surface area is 198 Å². The molecule has 3 nitrogen and oxygen atoms in total. The van der Waals surface area contributed by atoms with Crippen LogP contribution in [0, 0.1) is 0 Å². The maximum Gasteiger partial charge on any atom is 0.124 e. The van der Waals surface area contributed by atoms with Gasteiger partial charge in [0.2, 0.25) is 0 Å². The Kier molecular flexibility index (Phi) is 8.08. The van der Waals surface area contributed by atoms with Gasteiger partial charge >= 0.3 is 0 Å². The number of aromatic nitrogens is 1. The minimum Gasteiger partial charge on any atom is -0.493 e. The van der Waals surface area contributed by atoms with Gasteiger partial charge < -0.3 is 15.0 Å². The van der Waals surface area contributed by atoms with Crippen LogP contribution >= 0.6 is 0 Å². The molecule has 4 rings (SSSR count). The topological polar surface area (TPSA) is 37.0 Å². The van der Waals surface area contributed by atoms with Gasteiger partial charge in [-0.3, -0.25) is 0 Å². The molecule has 3 aromatic carbocycles. The average molecular weight is 441 g/mol. The lowest BCUT2D eigenvalue weighted by Crippen LogP contribution is -2.06. The Morgan fingerprint density at radius 2 is 1.61 bits per heavy atom. The van der Waals surface area contributed by atoms with Crippen LogP contribution in [0.3, 0.4) is 0 Å². The summed E-state index contributed by atoms with van der Waals surface area (Å²) in [6.07, 6.45) is 8.70. The van der Waals surface area contributed by atoms with E-state index in [1.54, 1.807) is 0 Å². The van der Waals surface area contributed by atoms with Gasteiger partial charge in [-0.25, -0.2) is 0 Å². The lowest BCUT2D eigenvalue weighted by atomic mass is 10.0. The van der Waals surface area contributed by atoms with Crippen LogP contribution in [0.15, 0.2) is 72.9 Å². The van der Waals surface area contributed by atoms with Crippen molar-refractivity contribution in [3.05, 3.63) is 84.1 Å². The predicted octanol–water partition coefficient (Wildman–Crippen LogP) is 8.01. The van der Waals surface area contributed by atoms with Crippen LogP contribution in [-0.4, -0.2) is 18.1 Å². The molecule has 0 spiro atoms. The second-order valence-corrected chi connectivity index (χ2v) is 8.71. The SMILES string of the molecule is CCCc1ccc(NCCCCOc2ccc3c(-c4ccccc4)c[nH]c3c2CCC)cc1. The van der Waals surface area contributed by atoms with Crippen LogP contribution in [-0.2, 0) is 12.8 Å². The number of benzene rings is 3. The van der Waals surface area contributed by atoms with Crippen LogP contribution in [0.5, 0.6) is 5.75 Å². The van der Waals surface area contributed by atoms with Gasteiger partial charge in [0.1, 0.15) is 5.75 Å². The van der Waals surface area contributed by atoms with Crippen LogP contribution in [0.1, 0.15) is 50.7 Å². The number of aryl methyl sites for hydroxylation is 2. The molecule has 0 radical (unpaired) electrons. The summed E-state index contributed by atoms with van der Waals surface area (Å²) < 4.78 is 6.26. The normalized spacial score (nSPS) is 11.1. The molecular formula is C30H36N2O. The molecule has 172 valence electrons. The molecule has 3 heteroatoms. The molecule has 1 heterocycles. The number of H-pyrrole nitrogens is 1. The van der Waals surface area contributed by atoms with Crippen molar-refractivity contribution in [3.8, 4) is 16.9 Å². The summed E-state index contributed by atoms with van der Waals surface area (Å²) in [5, 5.41) is 4.80. The largest absolute Gasteiger partial charge is 0.493 e. The molecular weight excluding hydrogens is 404 g/mol. The summed E-state index contributed by atoms with van der Waals surface area (Å²) >= 11 is 0. The number of unbranched alkanes of at least 4 members (excludes halogenated alkanes) is 1. The van der Waals surface area contributed by atoms with Gasteiger partial charge in [-0.2, -0.15) is 0 Å². The molecule has 0 aliphatic heterocycles. The quantitative estimate of drug-likeness (QED) is 0.219. The summed E-state index contributed by atoms with van der Waals surface area (Å²) in [5.74, 6) is 1.02. The molecule has 0 amide bonds. The number of nitrogens with one attached hydrogen (secondary N) is 2. The van der Waals surface area contributed by atoms with Crippen molar-refractivity contribution in [1.82, 2.24) is 4.98 Å². The molecule has 33 heavy (non-hydrogen) atoms. The minimum atomic E-state index is 0.742. The Balaban J connectivity index is 1.33. The van der Waals surface area contributed by atoms with Gasteiger partial charge in [0.15, 0.2) is 0 Å². The Morgan fingerprint density at radius 1 is 0.818 bits per heavy atom. The lowest BCUT2D eigenvalue weighted by molar-refractivity contribution is 0.306. The van der Waals surface area contributed by atoms with Crippen LogP contribution in [0.2, 0.25) is 0 Å². The van der Waals surface area contributed by atoms with E-state index in [1.165, 1.54) is 45.3 Å². The van der Waals surface area contributed by atoms with E-state index in [1.807, 2.05) is 0 Å². The molecule has 0 saturated carbocycles. The highest BCUT2D eigenvalue weighted by Crippen LogP contribution is 2.35. The average Bonchev–Trinajstić information content (AvgIpc) is 3.29. The third-order valence-electron chi connectivity index (χ3n) is 6.16. The fourth-order valence-corrected chi connectivity index (χ4v) is 4.45. The zero-order valence-corrected chi connectivity index (χ0v) is 20.0. The van der Waals surface area contributed by atoms with E-state index in [-0.39, 0.29) is 0 Å². The smallest absolute Gasteiger partial charge is 0.124 e. The summed E-state index contributed by atoms with van der Waals surface area (Å²) in [4.78, 5) is 3.53. The van der Waals surface area contributed by atoms with Crippen LogP contribution < -0.4 is 10.1 Å². The molecule has 2 N–H and O–H groups in total. The monoisotopic (exact) mass is 440 g/mol. The van der Waals surface area contributed by atoms with Gasteiger partial charge in [-0.1, -0.05) is 69.2 Å². The zero-order chi connectivity index (χ0) is 22.9. The molecule has 0 fully saturated rings. The number of rotatable bonds is 12. The van der Waals surface area contributed by atoms with Gasteiger partial charge in [0.25, 0.3) is 0 Å². The fraction of sp³-hybridized carbons (Fsp3) is 0.333. The van der Waals surface area contributed by atoms with Gasteiger partial charge in [0.05, 0.1) is 12.1 Å². The molecule has 1 aromatic heterocycles. The van der Waals surface area contributed by atoms with E-state index in [0.29, 0.717) is 0 Å². The van der Waals surface area contributed by atoms with Crippen molar-refractivity contribution in [3.63, 3.8) is 0 Å². The first-order valence-electron chi connectivity index (χ1n) is 12.4. The number of ether oxygens (including phenoxy) is 1. The van der Waals surface area contributed by atoms with E-state index in [9.17, 15) is 0 Å². The Morgan fingerprint density at radius 3 is 2.36 bits per heavy atom. The Bertz CT molecular complexity index is 1130. The first kappa shape index (κ1) is 23.0. The Hall–Kier alpha value is -3.20. The predicted molar refractivity (Wildman–Crippen MR) is 141 cm³/mol. The molecule has 0 saturated heterocycles. The third kappa shape index (κ3) is 5.78.